The Kier molecular flexibility index (Phi) is 9.83. The van der Waals surface area contributed by atoms with Gasteiger partial charge in [0.1, 0.15) is 0 Å². The average Bonchev–Trinajstić information content (AvgIpc) is 1.47. The summed E-state index contributed by atoms with van der Waals surface area (Å²) in [5.41, 5.74) is 23.5. The first kappa shape index (κ1) is 49.9. The van der Waals surface area contributed by atoms with Crippen molar-refractivity contribution >= 4 is 119 Å². The number of fused-ring (bicyclic) bond motifs is 27. The Balaban J connectivity index is 0.815. The van der Waals surface area contributed by atoms with Crippen LogP contribution in [0.25, 0.3) is 175 Å². The second-order valence-electron chi connectivity index (χ2n) is 26.3. The molecule has 4 aromatic heterocycles. The lowest BCUT2D eigenvalue weighted by Gasteiger charge is -2.24. The summed E-state index contributed by atoms with van der Waals surface area (Å²) in [6.07, 6.45) is 3.93. The van der Waals surface area contributed by atoms with E-state index in [0.717, 1.165) is 55.2 Å². The standard InChI is InChI=1S/C86H56N4/c1-85(2)71-45-51(69-43-49-19-5-7-21-55(49)57-23-9-11-25-59(57)69)33-37-61(71)63-39-35-53(47-73(63)85)89-75-31-17-41-87-81(75)79-67-29-15-14-28-66(67)78-77(83(79)89)65-27-13-16-30-68(65)80-82-76(32-18-42-88-82)90(84(78)80)54-36-40-64-62-38-34-52(46-72(62)86(3,4)74(64)48-54)70-44-50-20-6-8-22-56(50)58-24-10-12-26-60(58)70/h5-48H,1-4H3. The Hall–Kier alpha value is -11.2. The molecule has 0 bridgehead atoms. The molecule has 0 aliphatic heterocycles. The molecule has 4 heterocycles. The van der Waals surface area contributed by atoms with Gasteiger partial charge in [0.15, 0.2) is 0 Å². The second-order valence-corrected chi connectivity index (χ2v) is 26.3. The van der Waals surface area contributed by atoms with Gasteiger partial charge in [0, 0.05) is 56.1 Å². The minimum absolute atomic E-state index is 0.303. The Bertz CT molecular complexity index is 5900. The molecule has 4 heteroatoms. The molecule has 14 aromatic carbocycles. The Labute approximate surface area is 519 Å². The molecule has 0 saturated heterocycles. The SMILES string of the molecule is CC1(C)c2cc(-c3cc4ccccc4c4ccccc34)ccc2-c2ccc(-n3c4cccnc4c4c5ccccc5c5c(c6ccccc6c6c7ncccc7n(-c7ccc8c(c7)C(C)(C)c7cc(-c9cc%10ccccc%10c%10ccccc9%10)ccc7-8)c65)c43)cc21. The molecule has 0 unspecified atom stereocenters. The van der Waals surface area contributed by atoms with Crippen molar-refractivity contribution in [2.24, 2.45) is 0 Å². The maximum Gasteiger partial charge on any atom is 0.0969 e. The summed E-state index contributed by atoms with van der Waals surface area (Å²) in [6, 6.07) is 95.9. The van der Waals surface area contributed by atoms with Crippen molar-refractivity contribution in [1.29, 1.82) is 0 Å². The molecule has 0 atom stereocenters. The number of nitrogens with zero attached hydrogens (tertiary/aromatic N) is 4. The maximum atomic E-state index is 5.34. The molecular weight excluding hydrogens is 1090 g/mol. The van der Waals surface area contributed by atoms with Crippen molar-refractivity contribution in [2.45, 2.75) is 38.5 Å². The smallest absolute Gasteiger partial charge is 0.0969 e. The van der Waals surface area contributed by atoms with Crippen LogP contribution in [0.3, 0.4) is 0 Å². The van der Waals surface area contributed by atoms with E-state index in [1.54, 1.807) is 0 Å². The van der Waals surface area contributed by atoms with E-state index in [1.807, 2.05) is 12.4 Å². The van der Waals surface area contributed by atoms with Gasteiger partial charge in [-0.05, 0) is 204 Å². The van der Waals surface area contributed by atoms with Gasteiger partial charge in [-0.2, -0.15) is 0 Å². The zero-order chi connectivity index (χ0) is 59.5. The van der Waals surface area contributed by atoms with E-state index in [4.69, 9.17) is 9.97 Å². The maximum absolute atomic E-state index is 5.34. The summed E-state index contributed by atoms with van der Waals surface area (Å²) < 4.78 is 5.10. The van der Waals surface area contributed by atoms with Gasteiger partial charge in [0.2, 0.25) is 0 Å². The van der Waals surface area contributed by atoms with Crippen LogP contribution in [0.15, 0.2) is 267 Å². The predicted octanol–water partition coefficient (Wildman–Crippen LogP) is 22.7. The van der Waals surface area contributed by atoms with Crippen molar-refractivity contribution in [3.8, 4) is 55.9 Å². The van der Waals surface area contributed by atoms with Gasteiger partial charge in [-0.3, -0.25) is 9.97 Å². The molecule has 0 N–H and O–H groups in total. The highest BCUT2D eigenvalue weighted by atomic mass is 15.0. The van der Waals surface area contributed by atoms with Crippen LogP contribution < -0.4 is 0 Å². The molecule has 0 spiro atoms. The highest BCUT2D eigenvalue weighted by Crippen LogP contribution is 2.56. The third-order valence-electron chi connectivity index (χ3n) is 21.1. The van der Waals surface area contributed by atoms with E-state index >= 15 is 0 Å². The van der Waals surface area contributed by atoms with Crippen molar-refractivity contribution in [1.82, 2.24) is 19.1 Å². The van der Waals surface area contributed by atoms with Crippen LogP contribution in [0.5, 0.6) is 0 Å². The van der Waals surface area contributed by atoms with E-state index in [-0.39, 0.29) is 10.8 Å². The average molecular weight is 1150 g/mol. The molecule has 0 fully saturated rings. The fourth-order valence-corrected chi connectivity index (χ4v) is 17.0. The minimum Gasteiger partial charge on any atom is -0.307 e. The zero-order valence-corrected chi connectivity index (χ0v) is 50.2. The Morgan fingerprint density at radius 1 is 0.267 bits per heavy atom. The summed E-state index contributed by atoms with van der Waals surface area (Å²) in [5, 5.41) is 19.6. The largest absolute Gasteiger partial charge is 0.307 e. The summed E-state index contributed by atoms with van der Waals surface area (Å²) >= 11 is 0. The number of aromatic nitrogens is 4. The lowest BCUT2D eigenvalue weighted by Crippen LogP contribution is -2.15. The van der Waals surface area contributed by atoms with Gasteiger partial charge >= 0.3 is 0 Å². The number of hydrogen-bond donors (Lipinski definition) is 0. The molecule has 20 rings (SSSR count). The minimum atomic E-state index is -0.303. The van der Waals surface area contributed by atoms with E-state index in [0.29, 0.717) is 0 Å². The summed E-state index contributed by atoms with van der Waals surface area (Å²) in [6.45, 7) is 9.67. The molecule has 0 radical (unpaired) electrons. The zero-order valence-electron chi connectivity index (χ0n) is 50.2. The van der Waals surface area contributed by atoms with Gasteiger partial charge < -0.3 is 9.13 Å². The fourth-order valence-electron chi connectivity index (χ4n) is 17.0. The second kappa shape index (κ2) is 17.7. The van der Waals surface area contributed by atoms with Crippen molar-refractivity contribution in [3.05, 3.63) is 289 Å². The van der Waals surface area contributed by atoms with Crippen LogP contribution in [0.4, 0.5) is 0 Å². The van der Waals surface area contributed by atoms with E-state index in [2.05, 4.69) is 292 Å². The van der Waals surface area contributed by atoms with Crippen molar-refractivity contribution in [2.75, 3.05) is 0 Å². The molecule has 2 aliphatic carbocycles. The molecule has 4 nitrogen and oxygen atoms in total. The summed E-state index contributed by atoms with van der Waals surface area (Å²) in [7, 11) is 0. The van der Waals surface area contributed by atoms with Gasteiger partial charge in [0.25, 0.3) is 0 Å². The van der Waals surface area contributed by atoms with Gasteiger partial charge in [-0.25, -0.2) is 0 Å². The van der Waals surface area contributed by atoms with Crippen LogP contribution in [-0.4, -0.2) is 19.1 Å². The summed E-state index contributed by atoms with van der Waals surface area (Å²) in [4.78, 5) is 10.7. The van der Waals surface area contributed by atoms with Crippen LogP contribution >= 0.6 is 0 Å². The first-order chi connectivity index (χ1) is 44.2. The van der Waals surface area contributed by atoms with Crippen molar-refractivity contribution < 1.29 is 0 Å². The Morgan fingerprint density at radius 3 is 1.01 bits per heavy atom. The van der Waals surface area contributed by atoms with E-state index < -0.39 is 0 Å². The van der Waals surface area contributed by atoms with Crippen LogP contribution in [0.2, 0.25) is 0 Å². The molecule has 2 aliphatic rings. The monoisotopic (exact) mass is 1140 g/mol. The molecule has 0 saturated carbocycles. The molecular formula is C86H56N4. The lowest BCUT2D eigenvalue weighted by atomic mass is 9.81. The number of hydrogen-bond acceptors (Lipinski definition) is 2. The highest BCUT2D eigenvalue weighted by molar-refractivity contribution is 6.43. The van der Waals surface area contributed by atoms with Gasteiger partial charge in [-0.1, -0.05) is 210 Å². The van der Waals surface area contributed by atoms with Crippen molar-refractivity contribution in [3.63, 3.8) is 0 Å². The Morgan fingerprint density at radius 2 is 0.600 bits per heavy atom. The molecule has 90 heavy (non-hydrogen) atoms. The lowest BCUT2D eigenvalue weighted by molar-refractivity contribution is 0.660. The first-order valence-corrected chi connectivity index (χ1v) is 31.5. The quantitative estimate of drug-likeness (QED) is 0.165. The molecule has 420 valence electrons. The fraction of sp³-hybridized carbons (Fsp3) is 0.0698. The summed E-state index contributed by atoms with van der Waals surface area (Å²) in [5.74, 6) is 0. The topological polar surface area (TPSA) is 35.6 Å². The molecule has 18 aromatic rings. The number of benzene rings is 14. The number of rotatable bonds is 4. The van der Waals surface area contributed by atoms with Gasteiger partial charge in [0.05, 0.1) is 33.1 Å². The van der Waals surface area contributed by atoms with E-state index in [1.165, 1.54) is 142 Å². The normalized spacial score (nSPS) is 14.0. The van der Waals surface area contributed by atoms with Crippen LogP contribution in [0, 0.1) is 0 Å². The third kappa shape index (κ3) is 6.49. The van der Waals surface area contributed by atoms with Gasteiger partial charge in [-0.15, -0.1) is 0 Å². The first-order valence-electron chi connectivity index (χ1n) is 31.5. The van der Waals surface area contributed by atoms with Crippen LogP contribution in [0.1, 0.15) is 49.9 Å². The van der Waals surface area contributed by atoms with E-state index in [9.17, 15) is 0 Å². The van der Waals surface area contributed by atoms with Crippen LogP contribution in [-0.2, 0) is 10.8 Å². The third-order valence-corrected chi connectivity index (χ3v) is 21.1. The predicted molar refractivity (Wildman–Crippen MR) is 379 cm³/mol. The number of pyridine rings is 2. The molecule has 0 amide bonds. The highest BCUT2D eigenvalue weighted by Gasteiger charge is 2.39.